The minimum Gasteiger partial charge on any atom is -0.385 e. The third-order valence-electron chi connectivity index (χ3n) is 3.95. The number of nitrogens with one attached hydrogen (secondary N) is 1. The van der Waals surface area contributed by atoms with Crippen molar-refractivity contribution in [2.24, 2.45) is 5.92 Å². The van der Waals surface area contributed by atoms with Crippen molar-refractivity contribution in [3.05, 3.63) is 35.4 Å². The Morgan fingerprint density at radius 3 is 2.65 bits per heavy atom. The standard InChI is InChI=1S/C17H25NO2/c1-13-4-6-14(7-5-13)16(15-8-9-15)12-17(19)18-10-3-11-20-2/h4-7,15-16H,3,8-12H2,1-2H3,(H,18,19). The summed E-state index contributed by atoms with van der Waals surface area (Å²) in [6, 6.07) is 8.63. The number of ether oxygens (including phenoxy) is 1. The number of methoxy groups -OCH3 is 1. The van der Waals surface area contributed by atoms with Gasteiger partial charge in [0.25, 0.3) is 0 Å². The maximum Gasteiger partial charge on any atom is 0.220 e. The molecule has 3 heteroatoms. The van der Waals surface area contributed by atoms with Crippen LogP contribution in [-0.2, 0) is 9.53 Å². The Bertz CT molecular complexity index is 423. The van der Waals surface area contributed by atoms with Crippen LogP contribution in [0.1, 0.15) is 42.7 Å². The summed E-state index contributed by atoms with van der Waals surface area (Å²) in [7, 11) is 1.68. The van der Waals surface area contributed by atoms with Gasteiger partial charge in [0.05, 0.1) is 0 Å². The second kappa shape index (κ2) is 7.44. The fourth-order valence-corrected chi connectivity index (χ4v) is 2.59. The molecule has 2 rings (SSSR count). The Kier molecular flexibility index (Phi) is 5.60. The van der Waals surface area contributed by atoms with Gasteiger partial charge in [-0.15, -0.1) is 0 Å². The average molecular weight is 275 g/mol. The molecule has 1 aromatic carbocycles. The van der Waals surface area contributed by atoms with Crippen LogP contribution in [0, 0.1) is 12.8 Å². The van der Waals surface area contributed by atoms with E-state index in [2.05, 4.69) is 36.5 Å². The van der Waals surface area contributed by atoms with Gasteiger partial charge in [0.1, 0.15) is 0 Å². The molecule has 1 aromatic rings. The molecule has 0 spiro atoms. The largest absolute Gasteiger partial charge is 0.385 e. The fourth-order valence-electron chi connectivity index (χ4n) is 2.59. The summed E-state index contributed by atoms with van der Waals surface area (Å²) >= 11 is 0. The van der Waals surface area contributed by atoms with E-state index in [9.17, 15) is 4.79 Å². The van der Waals surface area contributed by atoms with E-state index in [1.807, 2.05) is 0 Å². The van der Waals surface area contributed by atoms with Gasteiger partial charge in [0.2, 0.25) is 5.91 Å². The van der Waals surface area contributed by atoms with Gasteiger partial charge in [0.15, 0.2) is 0 Å². The monoisotopic (exact) mass is 275 g/mol. The normalized spacial score (nSPS) is 15.9. The maximum absolute atomic E-state index is 12.0. The Labute approximate surface area is 121 Å². The lowest BCUT2D eigenvalue weighted by Crippen LogP contribution is -2.27. The third kappa shape index (κ3) is 4.64. The van der Waals surface area contributed by atoms with Crippen molar-refractivity contribution in [3.63, 3.8) is 0 Å². The van der Waals surface area contributed by atoms with E-state index < -0.39 is 0 Å². The van der Waals surface area contributed by atoms with E-state index in [1.54, 1.807) is 7.11 Å². The van der Waals surface area contributed by atoms with Gasteiger partial charge in [-0.2, -0.15) is 0 Å². The summed E-state index contributed by atoms with van der Waals surface area (Å²) in [6.07, 6.45) is 4.01. The lowest BCUT2D eigenvalue weighted by Gasteiger charge is -2.17. The zero-order valence-corrected chi connectivity index (χ0v) is 12.5. The van der Waals surface area contributed by atoms with E-state index in [-0.39, 0.29) is 5.91 Å². The van der Waals surface area contributed by atoms with Gasteiger partial charge in [-0.3, -0.25) is 4.79 Å². The Balaban J connectivity index is 1.86. The molecule has 0 aliphatic heterocycles. The van der Waals surface area contributed by atoms with E-state index in [0.717, 1.165) is 6.42 Å². The predicted octanol–water partition coefficient (Wildman–Crippen LogP) is 3.03. The van der Waals surface area contributed by atoms with Gasteiger partial charge in [-0.25, -0.2) is 0 Å². The van der Waals surface area contributed by atoms with Crippen LogP contribution >= 0.6 is 0 Å². The third-order valence-corrected chi connectivity index (χ3v) is 3.95. The number of benzene rings is 1. The highest BCUT2D eigenvalue weighted by Gasteiger charge is 2.33. The van der Waals surface area contributed by atoms with Crippen LogP contribution < -0.4 is 5.32 Å². The molecule has 1 amide bonds. The number of carbonyl (C=O) groups is 1. The van der Waals surface area contributed by atoms with E-state index in [0.29, 0.717) is 31.4 Å². The van der Waals surface area contributed by atoms with Crippen molar-refractivity contribution in [1.29, 1.82) is 0 Å². The number of aryl methyl sites for hydroxylation is 1. The molecule has 20 heavy (non-hydrogen) atoms. The van der Waals surface area contributed by atoms with Gasteiger partial charge >= 0.3 is 0 Å². The molecule has 0 heterocycles. The summed E-state index contributed by atoms with van der Waals surface area (Å²) in [4.78, 5) is 12.0. The topological polar surface area (TPSA) is 38.3 Å². The van der Waals surface area contributed by atoms with Crippen LogP contribution in [0.15, 0.2) is 24.3 Å². The first-order valence-corrected chi connectivity index (χ1v) is 7.53. The molecular weight excluding hydrogens is 250 g/mol. The molecule has 3 nitrogen and oxygen atoms in total. The highest BCUT2D eigenvalue weighted by molar-refractivity contribution is 5.77. The van der Waals surface area contributed by atoms with E-state index in [1.165, 1.54) is 24.0 Å². The number of amides is 1. The van der Waals surface area contributed by atoms with E-state index in [4.69, 9.17) is 4.74 Å². The number of hydrogen-bond acceptors (Lipinski definition) is 2. The van der Waals surface area contributed by atoms with Crippen molar-refractivity contribution >= 4 is 5.91 Å². The molecule has 1 aliphatic carbocycles. The van der Waals surface area contributed by atoms with Crippen LogP contribution in [0.25, 0.3) is 0 Å². The average Bonchev–Trinajstić information content (AvgIpc) is 3.27. The molecule has 1 fully saturated rings. The predicted molar refractivity (Wildman–Crippen MR) is 80.8 cm³/mol. The summed E-state index contributed by atoms with van der Waals surface area (Å²) in [6.45, 7) is 3.50. The first-order valence-electron chi connectivity index (χ1n) is 7.53. The Hall–Kier alpha value is -1.35. The number of rotatable bonds is 8. The molecule has 1 unspecified atom stereocenters. The van der Waals surface area contributed by atoms with Crippen molar-refractivity contribution < 1.29 is 9.53 Å². The second-order valence-electron chi connectivity index (χ2n) is 5.76. The van der Waals surface area contributed by atoms with Crippen LogP contribution in [0.5, 0.6) is 0 Å². The first-order chi connectivity index (χ1) is 9.70. The van der Waals surface area contributed by atoms with Gasteiger partial charge < -0.3 is 10.1 Å². The van der Waals surface area contributed by atoms with Crippen LogP contribution in [0.4, 0.5) is 0 Å². The highest BCUT2D eigenvalue weighted by atomic mass is 16.5. The van der Waals surface area contributed by atoms with E-state index >= 15 is 0 Å². The van der Waals surface area contributed by atoms with Gasteiger partial charge in [-0.1, -0.05) is 29.8 Å². The molecular formula is C17H25NO2. The zero-order valence-electron chi connectivity index (χ0n) is 12.5. The number of hydrogen-bond donors (Lipinski definition) is 1. The molecule has 1 atom stereocenters. The maximum atomic E-state index is 12.0. The molecule has 0 radical (unpaired) electrons. The molecule has 110 valence electrons. The Morgan fingerprint density at radius 1 is 1.35 bits per heavy atom. The molecule has 1 aliphatic rings. The quantitative estimate of drug-likeness (QED) is 0.741. The van der Waals surface area contributed by atoms with Crippen molar-refractivity contribution in [2.45, 2.75) is 38.5 Å². The summed E-state index contributed by atoms with van der Waals surface area (Å²) in [5.74, 6) is 1.25. The molecule has 0 aromatic heterocycles. The fraction of sp³-hybridized carbons (Fsp3) is 0.588. The number of carbonyl (C=O) groups excluding carboxylic acids is 1. The van der Waals surface area contributed by atoms with Crippen LogP contribution in [0.3, 0.4) is 0 Å². The zero-order chi connectivity index (χ0) is 14.4. The smallest absolute Gasteiger partial charge is 0.220 e. The molecule has 0 saturated heterocycles. The summed E-state index contributed by atoms with van der Waals surface area (Å²) in [5.41, 5.74) is 2.58. The minimum absolute atomic E-state index is 0.165. The molecule has 0 bridgehead atoms. The first kappa shape index (κ1) is 15.0. The van der Waals surface area contributed by atoms with Gasteiger partial charge in [-0.05, 0) is 43.6 Å². The van der Waals surface area contributed by atoms with Crippen molar-refractivity contribution in [3.8, 4) is 0 Å². The second-order valence-corrected chi connectivity index (χ2v) is 5.76. The van der Waals surface area contributed by atoms with Crippen molar-refractivity contribution in [1.82, 2.24) is 5.32 Å². The van der Waals surface area contributed by atoms with Crippen LogP contribution in [0.2, 0.25) is 0 Å². The lowest BCUT2D eigenvalue weighted by molar-refractivity contribution is -0.121. The minimum atomic E-state index is 0.165. The van der Waals surface area contributed by atoms with Crippen molar-refractivity contribution in [2.75, 3.05) is 20.3 Å². The summed E-state index contributed by atoms with van der Waals surface area (Å²) in [5, 5.41) is 2.99. The summed E-state index contributed by atoms with van der Waals surface area (Å²) < 4.78 is 4.98. The SMILES string of the molecule is COCCCNC(=O)CC(c1ccc(C)cc1)C1CC1. The molecule has 1 saturated carbocycles. The van der Waals surface area contributed by atoms with Gasteiger partial charge in [0, 0.05) is 26.7 Å². The lowest BCUT2D eigenvalue weighted by atomic mass is 9.90. The Morgan fingerprint density at radius 2 is 2.05 bits per heavy atom. The highest BCUT2D eigenvalue weighted by Crippen LogP contribution is 2.44. The van der Waals surface area contributed by atoms with Crippen LogP contribution in [-0.4, -0.2) is 26.2 Å². The molecule has 1 N–H and O–H groups in total.